The zero-order valence-corrected chi connectivity index (χ0v) is 22.6. The van der Waals surface area contributed by atoms with E-state index in [4.69, 9.17) is 4.74 Å². The van der Waals surface area contributed by atoms with Crippen molar-refractivity contribution in [3.05, 3.63) is 102 Å². The summed E-state index contributed by atoms with van der Waals surface area (Å²) in [5.41, 5.74) is 2.72. The van der Waals surface area contributed by atoms with Gasteiger partial charge in [0, 0.05) is 12.0 Å². The van der Waals surface area contributed by atoms with Crippen LogP contribution in [0.15, 0.2) is 84.9 Å². The largest absolute Gasteiger partial charge is 1.00 e. The van der Waals surface area contributed by atoms with Crippen LogP contribution in [0.5, 0.6) is 5.75 Å². The van der Waals surface area contributed by atoms with Crippen LogP contribution in [0.1, 0.15) is 46.3 Å². The molecule has 5 nitrogen and oxygen atoms in total. The number of ketones is 1. The van der Waals surface area contributed by atoms with Gasteiger partial charge in [-0.3, -0.25) is 4.79 Å². The maximum atomic E-state index is 12.6. The number of quaternary nitrogens is 2. The van der Waals surface area contributed by atoms with Gasteiger partial charge in [0.2, 0.25) is 0 Å². The molecule has 3 aromatic rings. The molecule has 0 saturated carbocycles. The lowest BCUT2D eigenvalue weighted by Gasteiger charge is -2.22. The molecule has 0 aliphatic carbocycles. The van der Waals surface area contributed by atoms with Crippen LogP contribution in [0.4, 0.5) is 0 Å². The number of ether oxygens (including phenoxy) is 1. The molecule has 0 aliphatic heterocycles. The first-order valence-corrected chi connectivity index (χ1v) is 12.2. The molecule has 2 unspecified atom stereocenters. The molecular formula is C29H38Cl2N2O3. The molecular weight excluding hydrogens is 495 g/mol. The zero-order valence-electron chi connectivity index (χ0n) is 21.1. The fourth-order valence-electron chi connectivity index (χ4n) is 4.06. The Bertz CT molecular complexity index is 986. The quantitative estimate of drug-likeness (QED) is 0.148. The average molecular weight is 534 g/mol. The molecule has 0 amide bonds. The second-order valence-corrected chi connectivity index (χ2v) is 9.04. The highest BCUT2D eigenvalue weighted by Crippen LogP contribution is 2.29. The molecule has 3 rings (SSSR count). The van der Waals surface area contributed by atoms with Gasteiger partial charge in [0.25, 0.3) is 0 Å². The highest BCUT2D eigenvalue weighted by Gasteiger charge is 2.24. The van der Waals surface area contributed by atoms with E-state index in [0.29, 0.717) is 31.7 Å². The van der Waals surface area contributed by atoms with Crippen LogP contribution in [0.25, 0.3) is 0 Å². The Morgan fingerprint density at radius 2 is 1.47 bits per heavy atom. The third-order valence-corrected chi connectivity index (χ3v) is 6.01. The molecule has 7 heteroatoms. The summed E-state index contributed by atoms with van der Waals surface area (Å²) in [5.74, 6) is 0.876. The second-order valence-electron chi connectivity index (χ2n) is 9.04. The topological polar surface area (TPSA) is 67.6 Å². The number of aliphatic hydroxyl groups is 1. The van der Waals surface area contributed by atoms with E-state index in [-0.39, 0.29) is 36.5 Å². The minimum atomic E-state index is -0.595. The summed E-state index contributed by atoms with van der Waals surface area (Å²) < 4.78 is 5.76. The molecule has 0 saturated heterocycles. The molecule has 0 spiro atoms. The van der Waals surface area contributed by atoms with Gasteiger partial charge in [-0.25, -0.2) is 0 Å². The van der Waals surface area contributed by atoms with E-state index in [1.165, 1.54) is 4.90 Å². The highest BCUT2D eigenvalue weighted by molar-refractivity contribution is 5.96. The van der Waals surface area contributed by atoms with Gasteiger partial charge in [0.15, 0.2) is 5.78 Å². The third kappa shape index (κ3) is 10.3. The van der Waals surface area contributed by atoms with Crippen LogP contribution in [0, 0.1) is 0 Å². The number of nitrogens with two attached hydrogens (primary N) is 1. The molecule has 0 heterocycles. The lowest BCUT2D eigenvalue weighted by molar-refractivity contribution is -0.858. The minimum absolute atomic E-state index is 0. The maximum Gasteiger partial charge on any atom is 0.168 e. The number of benzene rings is 3. The lowest BCUT2D eigenvalue weighted by Crippen LogP contribution is -3.05. The fourth-order valence-corrected chi connectivity index (χ4v) is 4.06. The SMILES string of the molecule is C[NH+](C)CCCOc1ccc(C(=O)CC[NH2+]CC(c2ccccc2)C(O)c2ccccc2)cc1.[Cl-].[Cl-]. The number of carbonyl (C=O) groups excluding carboxylic acids is 1. The molecule has 3 aromatic carbocycles. The third-order valence-electron chi connectivity index (χ3n) is 6.01. The highest BCUT2D eigenvalue weighted by atomic mass is 35.5. The van der Waals surface area contributed by atoms with Crippen molar-refractivity contribution in [2.24, 2.45) is 0 Å². The first-order valence-electron chi connectivity index (χ1n) is 12.2. The van der Waals surface area contributed by atoms with E-state index in [0.717, 1.165) is 29.8 Å². The minimum Gasteiger partial charge on any atom is -1.00 e. The van der Waals surface area contributed by atoms with Crippen molar-refractivity contribution in [2.75, 3.05) is 40.3 Å². The van der Waals surface area contributed by atoms with Crippen LogP contribution in [-0.4, -0.2) is 51.2 Å². The Balaban J connectivity index is 0.00000324. The molecule has 0 bridgehead atoms. The zero-order chi connectivity index (χ0) is 24.2. The predicted molar refractivity (Wildman–Crippen MR) is 135 cm³/mol. The van der Waals surface area contributed by atoms with Gasteiger partial charge in [0.05, 0.1) is 58.8 Å². The van der Waals surface area contributed by atoms with Crippen LogP contribution in [0.2, 0.25) is 0 Å². The monoisotopic (exact) mass is 532 g/mol. The van der Waals surface area contributed by atoms with Crippen molar-refractivity contribution in [3.8, 4) is 5.75 Å². The molecule has 0 fully saturated rings. The number of hydrogen-bond acceptors (Lipinski definition) is 3. The standard InChI is InChI=1S/C29H36N2O3.2ClH/c1-31(2)20-9-21-34-26-16-14-24(15-17-26)28(32)18-19-30-22-27(23-10-5-3-6-11-23)29(33)25-12-7-4-8-13-25;;/h3-8,10-17,27,29-30,33H,9,18-22H2,1-2H3;2*1H. The number of halogens is 2. The summed E-state index contributed by atoms with van der Waals surface area (Å²) >= 11 is 0. The Morgan fingerprint density at radius 1 is 0.889 bits per heavy atom. The second kappa shape index (κ2) is 17.1. The first-order chi connectivity index (χ1) is 16.5. The molecule has 0 radical (unpaired) electrons. The van der Waals surface area contributed by atoms with Gasteiger partial charge in [-0.2, -0.15) is 0 Å². The van der Waals surface area contributed by atoms with Gasteiger partial charge in [0.1, 0.15) is 5.75 Å². The number of Topliss-reactive ketones (excluding diaryl/α,β-unsaturated/α-hetero) is 1. The van der Waals surface area contributed by atoms with Crippen molar-refractivity contribution >= 4 is 5.78 Å². The molecule has 0 aliphatic rings. The van der Waals surface area contributed by atoms with Crippen molar-refractivity contribution in [1.82, 2.24) is 0 Å². The number of hydrogen-bond donors (Lipinski definition) is 3. The summed E-state index contributed by atoms with van der Waals surface area (Å²) in [4.78, 5) is 14.1. The molecule has 196 valence electrons. The Kier molecular flexibility index (Phi) is 15.0. The maximum absolute atomic E-state index is 12.6. The predicted octanol–water partition coefficient (Wildman–Crippen LogP) is -3.74. The van der Waals surface area contributed by atoms with Crippen molar-refractivity contribution < 1.29 is 49.7 Å². The van der Waals surface area contributed by atoms with E-state index >= 15 is 0 Å². The fraction of sp³-hybridized carbons (Fsp3) is 0.345. The summed E-state index contributed by atoms with van der Waals surface area (Å²) in [5, 5.41) is 13.2. The first kappa shape index (κ1) is 31.6. The normalized spacial score (nSPS) is 12.2. The summed E-state index contributed by atoms with van der Waals surface area (Å²) in [6.45, 7) is 3.13. The number of rotatable bonds is 14. The smallest absolute Gasteiger partial charge is 0.168 e. The molecule has 4 N–H and O–H groups in total. The van der Waals surface area contributed by atoms with E-state index in [9.17, 15) is 9.90 Å². The summed E-state index contributed by atoms with van der Waals surface area (Å²) in [7, 11) is 4.26. The number of nitrogens with one attached hydrogen (secondary N) is 1. The van der Waals surface area contributed by atoms with Crippen LogP contribution >= 0.6 is 0 Å². The molecule has 2 atom stereocenters. The van der Waals surface area contributed by atoms with Crippen LogP contribution in [-0.2, 0) is 0 Å². The number of carbonyl (C=O) groups is 1. The Morgan fingerprint density at radius 3 is 2.06 bits per heavy atom. The summed E-state index contributed by atoms with van der Waals surface area (Å²) in [6.07, 6.45) is 0.860. The number of aliphatic hydroxyl groups excluding tert-OH is 1. The van der Waals surface area contributed by atoms with E-state index in [1.54, 1.807) is 0 Å². The van der Waals surface area contributed by atoms with E-state index < -0.39 is 6.10 Å². The van der Waals surface area contributed by atoms with Gasteiger partial charge in [-0.05, 0) is 35.4 Å². The van der Waals surface area contributed by atoms with Gasteiger partial charge < -0.3 is 44.9 Å². The summed E-state index contributed by atoms with van der Waals surface area (Å²) in [6, 6.07) is 27.3. The van der Waals surface area contributed by atoms with Gasteiger partial charge >= 0.3 is 0 Å². The average Bonchev–Trinajstić information content (AvgIpc) is 2.87. The lowest BCUT2D eigenvalue weighted by atomic mass is 9.89. The van der Waals surface area contributed by atoms with Crippen LogP contribution < -0.4 is 39.8 Å². The van der Waals surface area contributed by atoms with E-state index in [1.807, 2.05) is 72.8 Å². The van der Waals surface area contributed by atoms with Crippen molar-refractivity contribution in [3.63, 3.8) is 0 Å². The molecule has 36 heavy (non-hydrogen) atoms. The van der Waals surface area contributed by atoms with Crippen LogP contribution in [0.3, 0.4) is 0 Å². The van der Waals surface area contributed by atoms with E-state index in [2.05, 4.69) is 31.5 Å². The van der Waals surface area contributed by atoms with Crippen molar-refractivity contribution in [1.29, 1.82) is 0 Å². The van der Waals surface area contributed by atoms with Gasteiger partial charge in [-0.1, -0.05) is 60.7 Å². The molecule has 0 aromatic heterocycles. The van der Waals surface area contributed by atoms with Crippen molar-refractivity contribution in [2.45, 2.75) is 24.9 Å². The Labute approximate surface area is 227 Å². The van der Waals surface area contributed by atoms with Gasteiger partial charge in [-0.15, -0.1) is 0 Å². The Hall–Kier alpha value is -2.41.